The third kappa shape index (κ3) is 5.64. The first kappa shape index (κ1) is 23.9. The molecule has 1 amide bonds. The molecule has 4 nitrogen and oxygen atoms in total. The van der Waals surface area contributed by atoms with E-state index in [1.54, 1.807) is 24.3 Å². The molecule has 4 rings (SSSR count). The number of carbonyl (C=O) groups excluding carboxylic acids is 1. The summed E-state index contributed by atoms with van der Waals surface area (Å²) in [4.78, 5) is 12.4. The molecule has 0 saturated carbocycles. The molecule has 1 aliphatic rings. The fraction of sp³-hybridized carbons (Fsp3) is 0.208. The first-order chi connectivity index (χ1) is 15.4. The second-order valence-corrected chi connectivity index (χ2v) is 10.7. The van der Waals surface area contributed by atoms with Gasteiger partial charge in [-0.15, -0.1) is 0 Å². The van der Waals surface area contributed by atoms with Crippen LogP contribution in [0.25, 0.3) is 0 Å². The predicted molar refractivity (Wildman–Crippen MR) is 132 cm³/mol. The minimum atomic E-state index is -0.134. The molecule has 8 heteroatoms. The number of benzene rings is 3. The third-order valence-corrected chi connectivity index (χ3v) is 7.89. The van der Waals surface area contributed by atoms with Crippen LogP contribution in [0.15, 0.2) is 59.1 Å². The number of hydrogen-bond donors (Lipinski definition) is 1. The van der Waals surface area contributed by atoms with Gasteiger partial charge in [0.2, 0.25) is 0 Å². The number of ether oxygens (including phenoxy) is 2. The van der Waals surface area contributed by atoms with Crippen molar-refractivity contribution in [3.05, 3.63) is 85.8 Å². The molecule has 1 aliphatic heterocycles. The summed E-state index contributed by atoms with van der Waals surface area (Å²) in [6.07, 6.45) is 1.75. The van der Waals surface area contributed by atoms with Crippen molar-refractivity contribution < 1.29 is 14.3 Å². The van der Waals surface area contributed by atoms with Gasteiger partial charge in [0.15, 0.2) is 0 Å². The zero-order valence-electron chi connectivity index (χ0n) is 17.5. The Labute approximate surface area is 223 Å². The number of nitrogens with one attached hydrogen (secondary N) is 1. The molecule has 0 saturated heterocycles. The van der Waals surface area contributed by atoms with E-state index in [-0.39, 0.29) is 5.91 Å². The van der Waals surface area contributed by atoms with Gasteiger partial charge in [-0.25, -0.2) is 0 Å². The predicted octanol–water partition coefficient (Wildman–Crippen LogP) is 6.51. The molecule has 0 aliphatic carbocycles. The van der Waals surface area contributed by atoms with Gasteiger partial charge in [0, 0.05) is 11.6 Å². The Bertz CT molecular complexity index is 1120. The normalized spacial score (nSPS) is 15.0. The third-order valence-electron chi connectivity index (χ3n) is 5.44. The van der Waals surface area contributed by atoms with Gasteiger partial charge < -0.3 is 0 Å². The average Bonchev–Trinajstić information content (AvgIpc) is 2.79. The van der Waals surface area contributed by atoms with Crippen LogP contribution >= 0.6 is 39.1 Å². The molecule has 1 heterocycles. The standard InChI is InChI=1S/C24H19BrCl2NO3.Na/c25-21-22-17(2-1-13-30-22)14-20(27)23(21)31-19-9-5-16(6-10-19)24(29)28-12-11-15-3-7-18(26)8-4-15;/h2-10,14H,1,11-13H2,(H,28,29);. The Morgan fingerprint density at radius 3 is 2.59 bits per heavy atom. The Balaban J connectivity index is 1.39. The number of carbonyl (C=O) groups is 1. The molecule has 3 aromatic rings. The number of hydrogen-bond acceptors (Lipinski definition) is 3. The fourth-order valence-electron chi connectivity index (χ4n) is 3.57. The Morgan fingerprint density at radius 2 is 1.88 bits per heavy atom. The summed E-state index contributed by atoms with van der Waals surface area (Å²) < 4.78 is 13.1. The van der Waals surface area contributed by atoms with Crippen molar-refractivity contribution in [1.29, 1.82) is 0 Å². The summed E-state index contributed by atoms with van der Waals surface area (Å²) in [5.41, 5.74) is 2.82. The summed E-state index contributed by atoms with van der Waals surface area (Å²) in [5.74, 6) is 1.78. The summed E-state index contributed by atoms with van der Waals surface area (Å²) >= 11 is 17.1. The van der Waals surface area contributed by atoms with Crippen LogP contribution in [0, 0.1) is 0 Å². The molecule has 0 radical (unpaired) electrons. The number of amides is 1. The van der Waals surface area contributed by atoms with Crippen LogP contribution in [-0.2, 0) is 6.42 Å². The molecular formula is C24H19BrCl2NNaO3. The summed E-state index contributed by atoms with van der Waals surface area (Å²) in [6, 6.07) is 16.5. The van der Waals surface area contributed by atoms with Gasteiger partial charge in [-0.2, -0.15) is 0 Å². The van der Waals surface area contributed by atoms with Gasteiger partial charge in [0.05, 0.1) is 0 Å². The SMILES string of the molecule is O=C(NCCc1ccc(Cl)cc1)c1ccc(Oc2c(Cl)cc3c(c2Br)OCC[CH]3[Na])cc1. The average molecular weight is 543 g/mol. The summed E-state index contributed by atoms with van der Waals surface area (Å²) in [5, 5.41) is 4.17. The van der Waals surface area contributed by atoms with Crippen LogP contribution < -0.4 is 14.8 Å². The van der Waals surface area contributed by atoms with Crippen LogP contribution in [0.2, 0.25) is 10.0 Å². The first-order valence-electron chi connectivity index (χ1n) is 10.4. The van der Waals surface area contributed by atoms with E-state index in [4.69, 9.17) is 32.7 Å². The van der Waals surface area contributed by atoms with Gasteiger partial charge >= 0.3 is 165 Å². The zero-order valence-corrected chi connectivity index (χ0v) is 22.6. The molecule has 0 spiro atoms. The van der Waals surface area contributed by atoms with E-state index in [9.17, 15) is 4.79 Å². The van der Waals surface area contributed by atoms with E-state index in [0.29, 0.717) is 43.4 Å². The second-order valence-electron chi connectivity index (χ2n) is 7.72. The van der Waals surface area contributed by atoms with E-state index >= 15 is 0 Å². The molecule has 160 valence electrons. The van der Waals surface area contributed by atoms with Crippen LogP contribution in [0.4, 0.5) is 0 Å². The maximum absolute atomic E-state index is 12.4. The summed E-state index contributed by atoms with van der Waals surface area (Å²) in [6.45, 7) is 1.24. The first-order valence-corrected chi connectivity index (χ1v) is 13.1. The maximum atomic E-state index is 12.4. The van der Waals surface area contributed by atoms with Crippen molar-refractivity contribution in [2.75, 3.05) is 13.2 Å². The Morgan fingerprint density at radius 1 is 1.16 bits per heavy atom. The fourth-order valence-corrected chi connectivity index (χ4v) is 5.36. The number of fused-ring (bicyclic) bond motifs is 1. The van der Waals surface area contributed by atoms with Gasteiger partial charge in [0.1, 0.15) is 0 Å². The molecule has 32 heavy (non-hydrogen) atoms. The van der Waals surface area contributed by atoms with Crippen LogP contribution in [0.5, 0.6) is 17.2 Å². The quantitative estimate of drug-likeness (QED) is 0.361. The van der Waals surface area contributed by atoms with Crippen molar-refractivity contribution in [2.24, 2.45) is 0 Å². The molecular weight excluding hydrogens is 524 g/mol. The van der Waals surface area contributed by atoms with Crippen molar-refractivity contribution in [1.82, 2.24) is 5.32 Å². The van der Waals surface area contributed by atoms with Crippen molar-refractivity contribution >= 4 is 73.0 Å². The summed E-state index contributed by atoms with van der Waals surface area (Å²) in [7, 11) is 0. The molecule has 3 aromatic carbocycles. The van der Waals surface area contributed by atoms with Crippen molar-refractivity contribution in [3.63, 3.8) is 0 Å². The van der Waals surface area contributed by atoms with Crippen molar-refractivity contribution in [3.8, 4) is 17.2 Å². The van der Waals surface area contributed by atoms with E-state index in [0.717, 1.165) is 62.1 Å². The molecule has 0 bridgehead atoms. The van der Waals surface area contributed by atoms with Gasteiger partial charge in [-0.3, -0.25) is 0 Å². The van der Waals surface area contributed by atoms with Crippen molar-refractivity contribution in [2.45, 2.75) is 16.0 Å². The van der Waals surface area contributed by atoms with E-state index < -0.39 is 0 Å². The Hall–Kier alpha value is -1.21. The minimum absolute atomic E-state index is 0.134. The topological polar surface area (TPSA) is 47.6 Å². The molecule has 1 atom stereocenters. The molecule has 0 fully saturated rings. The number of halogens is 3. The molecule has 1 unspecified atom stereocenters. The number of rotatable bonds is 6. The van der Waals surface area contributed by atoms with Crippen LogP contribution in [-0.4, -0.2) is 47.0 Å². The second kappa shape index (κ2) is 10.8. The van der Waals surface area contributed by atoms with E-state index in [1.807, 2.05) is 30.3 Å². The van der Waals surface area contributed by atoms with Gasteiger partial charge in [-0.05, 0) is 24.1 Å². The van der Waals surface area contributed by atoms with E-state index in [2.05, 4.69) is 21.2 Å². The zero-order chi connectivity index (χ0) is 22.7. The Kier molecular flexibility index (Phi) is 8.09. The van der Waals surface area contributed by atoms with E-state index in [1.165, 1.54) is 0 Å². The molecule has 1 N–H and O–H groups in total. The molecule has 0 aromatic heterocycles. The van der Waals surface area contributed by atoms with Gasteiger partial charge in [0.25, 0.3) is 0 Å². The van der Waals surface area contributed by atoms with Crippen LogP contribution in [0.3, 0.4) is 0 Å². The van der Waals surface area contributed by atoms with Crippen LogP contribution in [0.1, 0.15) is 31.1 Å². The van der Waals surface area contributed by atoms with Gasteiger partial charge in [-0.1, -0.05) is 23.7 Å². The monoisotopic (exact) mass is 541 g/mol.